The minimum absolute atomic E-state index is 0.00856. The molecule has 124 valence electrons. The second-order valence-electron chi connectivity index (χ2n) is 4.26. The van der Waals surface area contributed by atoms with Crippen molar-refractivity contribution in [3.8, 4) is 0 Å². The van der Waals surface area contributed by atoms with Gasteiger partial charge in [0.05, 0.1) is 23.8 Å². The first kappa shape index (κ1) is 18.5. The fraction of sp³-hybridized carbons (Fsp3) is 0.462. The number of halogens is 4. The van der Waals surface area contributed by atoms with Crippen molar-refractivity contribution < 1.29 is 27.8 Å². The van der Waals surface area contributed by atoms with Crippen molar-refractivity contribution in [1.29, 1.82) is 0 Å². The van der Waals surface area contributed by atoms with E-state index in [1.165, 1.54) is 6.07 Å². The number of amides is 2. The van der Waals surface area contributed by atoms with E-state index in [9.17, 15) is 18.0 Å². The number of carbonyl (C=O) groups is 1. The second kappa shape index (κ2) is 8.82. The van der Waals surface area contributed by atoms with Crippen molar-refractivity contribution in [3.63, 3.8) is 0 Å². The van der Waals surface area contributed by atoms with E-state index in [0.717, 1.165) is 12.1 Å². The lowest BCUT2D eigenvalue weighted by Crippen LogP contribution is -2.30. The molecule has 2 amide bonds. The Balaban J connectivity index is 2.45. The van der Waals surface area contributed by atoms with E-state index in [2.05, 4.69) is 10.6 Å². The maximum atomic E-state index is 12.7. The zero-order chi connectivity index (χ0) is 16.6. The minimum Gasteiger partial charge on any atom is -0.394 e. The number of rotatable bonds is 7. The number of nitrogens with one attached hydrogen (secondary N) is 2. The Morgan fingerprint density at radius 1 is 1.32 bits per heavy atom. The van der Waals surface area contributed by atoms with Crippen molar-refractivity contribution in [3.05, 3.63) is 28.8 Å². The van der Waals surface area contributed by atoms with Crippen LogP contribution in [0.25, 0.3) is 0 Å². The van der Waals surface area contributed by atoms with E-state index in [-0.39, 0.29) is 25.4 Å². The number of aliphatic hydroxyl groups excluding tert-OH is 1. The molecule has 0 radical (unpaired) electrons. The molecule has 5 nitrogen and oxygen atoms in total. The standard InChI is InChI=1S/C13H16ClF3N2O3/c14-11-3-2-9(8-10(11)13(15,16)17)19-12(21)18-4-1-6-22-7-5-20/h2-3,8,20H,1,4-7H2,(H2,18,19,21). The highest BCUT2D eigenvalue weighted by molar-refractivity contribution is 6.31. The average molecular weight is 341 g/mol. The molecule has 0 bridgehead atoms. The van der Waals surface area contributed by atoms with E-state index >= 15 is 0 Å². The lowest BCUT2D eigenvalue weighted by Gasteiger charge is -2.12. The van der Waals surface area contributed by atoms with Gasteiger partial charge >= 0.3 is 12.2 Å². The van der Waals surface area contributed by atoms with Crippen molar-refractivity contribution in [2.45, 2.75) is 12.6 Å². The number of urea groups is 1. The van der Waals surface area contributed by atoms with Gasteiger partial charge in [0.15, 0.2) is 0 Å². The first-order valence-corrected chi connectivity index (χ1v) is 6.82. The summed E-state index contributed by atoms with van der Waals surface area (Å²) >= 11 is 5.48. The maximum Gasteiger partial charge on any atom is 0.417 e. The first-order chi connectivity index (χ1) is 10.3. The predicted octanol–water partition coefficient (Wildman–Crippen LogP) is 2.88. The van der Waals surface area contributed by atoms with Gasteiger partial charge in [-0.1, -0.05) is 11.6 Å². The minimum atomic E-state index is -4.59. The fourth-order valence-corrected chi connectivity index (χ4v) is 1.76. The SMILES string of the molecule is O=C(NCCCOCCO)Nc1ccc(Cl)c(C(F)(F)F)c1. The van der Waals surface area contributed by atoms with Crippen molar-refractivity contribution in [1.82, 2.24) is 5.32 Å². The molecule has 0 aromatic heterocycles. The number of benzene rings is 1. The first-order valence-electron chi connectivity index (χ1n) is 6.45. The molecule has 1 aromatic carbocycles. The van der Waals surface area contributed by atoms with Gasteiger partial charge in [-0.05, 0) is 24.6 Å². The van der Waals surface area contributed by atoms with Gasteiger partial charge < -0.3 is 20.5 Å². The summed E-state index contributed by atoms with van der Waals surface area (Å²) in [6.07, 6.45) is -4.07. The molecule has 3 N–H and O–H groups in total. The van der Waals surface area contributed by atoms with E-state index in [1.807, 2.05) is 0 Å². The molecule has 9 heteroatoms. The van der Waals surface area contributed by atoms with Gasteiger partial charge in [0.1, 0.15) is 0 Å². The second-order valence-corrected chi connectivity index (χ2v) is 4.67. The van der Waals surface area contributed by atoms with Gasteiger partial charge in [0.2, 0.25) is 0 Å². The van der Waals surface area contributed by atoms with Gasteiger partial charge in [-0.3, -0.25) is 0 Å². The number of aliphatic hydroxyl groups is 1. The number of hydrogen-bond acceptors (Lipinski definition) is 3. The van der Waals surface area contributed by atoms with E-state index in [0.29, 0.717) is 13.0 Å². The summed E-state index contributed by atoms with van der Waals surface area (Å²) < 4.78 is 43.0. The third-order valence-corrected chi connectivity index (χ3v) is 2.85. The number of carbonyl (C=O) groups excluding carboxylic acids is 1. The molecule has 1 aromatic rings. The Morgan fingerprint density at radius 3 is 2.68 bits per heavy atom. The molecule has 22 heavy (non-hydrogen) atoms. The summed E-state index contributed by atoms with van der Waals surface area (Å²) in [4.78, 5) is 11.5. The normalized spacial score (nSPS) is 11.3. The number of ether oxygens (including phenoxy) is 1. The van der Waals surface area contributed by atoms with Crippen LogP contribution >= 0.6 is 11.6 Å². The molecule has 0 saturated carbocycles. The third-order valence-electron chi connectivity index (χ3n) is 2.52. The van der Waals surface area contributed by atoms with Crippen molar-refractivity contribution in [2.24, 2.45) is 0 Å². The summed E-state index contributed by atoms with van der Waals surface area (Å²) in [6.45, 7) is 0.792. The van der Waals surface area contributed by atoms with Crippen LogP contribution in [-0.4, -0.2) is 37.5 Å². The van der Waals surface area contributed by atoms with E-state index in [4.69, 9.17) is 21.4 Å². The molecule has 0 spiro atoms. The quantitative estimate of drug-likeness (QED) is 0.668. The van der Waals surface area contributed by atoms with E-state index in [1.54, 1.807) is 0 Å². The highest BCUT2D eigenvalue weighted by atomic mass is 35.5. The Bertz CT molecular complexity index is 498. The summed E-state index contributed by atoms with van der Waals surface area (Å²) in [5.41, 5.74) is -1.02. The Morgan fingerprint density at radius 2 is 2.05 bits per heavy atom. The molecule has 0 heterocycles. The lowest BCUT2D eigenvalue weighted by molar-refractivity contribution is -0.137. The number of hydrogen-bond donors (Lipinski definition) is 3. The zero-order valence-electron chi connectivity index (χ0n) is 11.5. The highest BCUT2D eigenvalue weighted by Gasteiger charge is 2.33. The Hall–Kier alpha value is -1.51. The zero-order valence-corrected chi connectivity index (χ0v) is 12.3. The van der Waals surface area contributed by atoms with Crippen molar-refractivity contribution in [2.75, 3.05) is 31.7 Å². The Kier molecular flexibility index (Phi) is 7.43. The van der Waals surface area contributed by atoms with Gasteiger partial charge in [-0.25, -0.2) is 4.79 Å². The summed E-state index contributed by atoms with van der Waals surface area (Å²) in [6, 6.07) is 2.49. The topological polar surface area (TPSA) is 70.6 Å². The monoisotopic (exact) mass is 340 g/mol. The number of alkyl halides is 3. The molecule has 0 atom stereocenters. The van der Waals surface area contributed by atoms with Gasteiger partial charge in [-0.15, -0.1) is 0 Å². The molecular formula is C13H16ClF3N2O3. The van der Waals surface area contributed by atoms with Gasteiger partial charge in [-0.2, -0.15) is 13.2 Å². The molecule has 1 rings (SSSR count). The van der Waals surface area contributed by atoms with Crippen LogP contribution in [0.4, 0.5) is 23.7 Å². The predicted molar refractivity (Wildman–Crippen MR) is 76.0 cm³/mol. The van der Waals surface area contributed by atoms with E-state index < -0.39 is 22.8 Å². The van der Waals surface area contributed by atoms with Crippen LogP contribution in [0.2, 0.25) is 5.02 Å². The van der Waals surface area contributed by atoms with Crippen LogP contribution in [0.5, 0.6) is 0 Å². The van der Waals surface area contributed by atoms with Crippen molar-refractivity contribution >= 4 is 23.3 Å². The summed E-state index contributed by atoms with van der Waals surface area (Å²) in [5.74, 6) is 0. The highest BCUT2D eigenvalue weighted by Crippen LogP contribution is 2.36. The van der Waals surface area contributed by atoms with Gasteiger partial charge in [0.25, 0.3) is 0 Å². The lowest BCUT2D eigenvalue weighted by atomic mass is 10.2. The molecule has 0 aliphatic heterocycles. The average Bonchev–Trinajstić information content (AvgIpc) is 2.43. The van der Waals surface area contributed by atoms with Crippen LogP contribution in [-0.2, 0) is 10.9 Å². The fourth-order valence-electron chi connectivity index (χ4n) is 1.54. The number of anilines is 1. The molecule has 0 aliphatic rings. The third kappa shape index (κ3) is 6.50. The molecule has 0 aliphatic carbocycles. The van der Waals surface area contributed by atoms with Crippen LogP contribution in [0, 0.1) is 0 Å². The summed E-state index contributed by atoms with van der Waals surface area (Å²) in [7, 11) is 0. The van der Waals surface area contributed by atoms with Crippen LogP contribution in [0.15, 0.2) is 18.2 Å². The van der Waals surface area contributed by atoms with Crippen LogP contribution < -0.4 is 10.6 Å². The maximum absolute atomic E-state index is 12.7. The Labute approximate surface area is 130 Å². The molecular weight excluding hydrogens is 325 g/mol. The summed E-state index contributed by atoms with van der Waals surface area (Å²) in [5, 5.41) is 12.8. The molecule has 0 unspecified atom stereocenters. The molecule has 0 saturated heterocycles. The smallest absolute Gasteiger partial charge is 0.394 e. The van der Waals surface area contributed by atoms with Crippen LogP contribution in [0.3, 0.4) is 0 Å². The molecule has 0 fully saturated rings. The largest absolute Gasteiger partial charge is 0.417 e. The van der Waals surface area contributed by atoms with Crippen LogP contribution in [0.1, 0.15) is 12.0 Å². The van der Waals surface area contributed by atoms with Gasteiger partial charge in [0, 0.05) is 18.8 Å².